The molecule has 0 bridgehead atoms. The lowest BCUT2D eigenvalue weighted by molar-refractivity contribution is 0.628. The summed E-state index contributed by atoms with van der Waals surface area (Å²) in [7, 11) is 1.75. The number of hydrogen-bond donors (Lipinski definition) is 2. The number of halogens is 1. The maximum atomic E-state index is 12.8. The number of nitrogens with zero attached hydrogens (tertiary/aromatic N) is 4. The Hall–Kier alpha value is -2.61. The minimum absolute atomic E-state index is 0.282. The van der Waals surface area contributed by atoms with Crippen LogP contribution in [0.1, 0.15) is 5.56 Å². The molecule has 0 aliphatic heterocycles. The van der Waals surface area contributed by atoms with Crippen LogP contribution in [0.2, 0.25) is 0 Å². The Morgan fingerprint density at radius 1 is 1.33 bits per heavy atom. The smallest absolute Gasteiger partial charge is 0.200 e. The second-order valence-corrected chi connectivity index (χ2v) is 4.70. The highest BCUT2D eigenvalue weighted by molar-refractivity contribution is 7.71. The quantitative estimate of drug-likeness (QED) is 0.443. The van der Waals surface area contributed by atoms with Gasteiger partial charge in [-0.3, -0.25) is 0 Å². The number of anilines is 1. The summed E-state index contributed by atoms with van der Waals surface area (Å²) in [4.78, 5) is 14.2. The number of hydrazone groups is 1. The molecule has 1 aromatic carbocycles. The van der Waals surface area contributed by atoms with Crippen molar-refractivity contribution in [1.82, 2.24) is 19.9 Å². The standard InChI is InChI=1S/C13H11FN6S/c1-20(17-6-8-2-4-9(14)5-3-8)12-10-11(16-7-15-10)18-13(21)19-12/h2-7H,1H3,(H2,15,16,18,19,21)/b17-6+. The summed E-state index contributed by atoms with van der Waals surface area (Å²) in [6, 6.07) is 6.05. The fraction of sp³-hybridized carbons (Fsp3) is 0.0769. The zero-order chi connectivity index (χ0) is 14.8. The van der Waals surface area contributed by atoms with Crippen LogP contribution in [0.15, 0.2) is 35.7 Å². The number of hydrogen-bond acceptors (Lipinski definition) is 5. The second kappa shape index (κ2) is 5.41. The van der Waals surface area contributed by atoms with Crippen LogP contribution >= 0.6 is 12.2 Å². The van der Waals surface area contributed by atoms with Crippen LogP contribution in [-0.2, 0) is 0 Å². The van der Waals surface area contributed by atoms with Crippen molar-refractivity contribution in [3.05, 3.63) is 46.7 Å². The molecule has 0 aliphatic rings. The van der Waals surface area contributed by atoms with E-state index >= 15 is 0 Å². The van der Waals surface area contributed by atoms with Crippen LogP contribution in [0, 0.1) is 10.6 Å². The first-order valence-electron chi connectivity index (χ1n) is 6.10. The second-order valence-electron chi connectivity index (χ2n) is 4.31. The van der Waals surface area contributed by atoms with E-state index in [1.807, 2.05) is 0 Å². The summed E-state index contributed by atoms with van der Waals surface area (Å²) in [6.07, 6.45) is 3.17. The van der Waals surface area contributed by atoms with Crippen LogP contribution < -0.4 is 5.01 Å². The number of benzene rings is 1. The van der Waals surface area contributed by atoms with E-state index in [4.69, 9.17) is 12.2 Å². The van der Waals surface area contributed by atoms with Crippen LogP contribution in [-0.4, -0.2) is 33.2 Å². The van der Waals surface area contributed by atoms with Gasteiger partial charge >= 0.3 is 0 Å². The number of imidazole rings is 1. The molecule has 6 nitrogen and oxygen atoms in total. The number of aromatic nitrogens is 4. The van der Waals surface area contributed by atoms with Crippen LogP contribution in [0.5, 0.6) is 0 Å². The van der Waals surface area contributed by atoms with Crippen molar-refractivity contribution < 1.29 is 4.39 Å². The molecular formula is C13H11FN6S. The molecule has 2 heterocycles. The molecule has 0 amide bonds. The van der Waals surface area contributed by atoms with Gasteiger partial charge in [-0.25, -0.2) is 14.4 Å². The predicted molar refractivity (Wildman–Crippen MR) is 81.5 cm³/mol. The van der Waals surface area contributed by atoms with Gasteiger partial charge in [0, 0.05) is 7.05 Å². The normalized spacial score (nSPS) is 11.3. The summed E-state index contributed by atoms with van der Waals surface area (Å²) < 4.78 is 13.2. The van der Waals surface area contributed by atoms with Crippen LogP contribution in [0.25, 0.3) is 11.2 Å². The van der Waals surface area contributed by atoms with Gasteiger partial charge in [0.15, 0.2) is 11.5 Å². The molecule has 3 rings (SSSR count). The lowest BCUT2D eigenvalue weighted by Gasteiger charge is -2.11. The van der Waals surface area contributed by atoms with Crippen molar-refractivity contribution in [2.24, 2.45) is 5.10 Å². The van der Waals surface area contributed by atoms with E-state index in [1.54, 1.807) is 36.7 Å². The Kier molecular flexibility index (Phi) is 3.44. The van der Waals surface area contributed by atoms with Gasteiger partial charge in [-0.05, 0) is 29.9 Å². The van der Waals surface area contributed by atoms with Crippen molar-refractivity contribution in [1.29, 1.82) is 0 Å². The van der Waals surface area contributed by atoms with E-state index in [0.29, 0.717) is 21.8 Å². The fourth-order valence-electron chi connectivity index (χ4n) is 1.83. The average Bonchev–Trinajstić information content (AvgIpc) is 2.93. The Balaban J connectivity index is 1.93. The number of fused-ring (bicyclic) bond motifs is 1. The molecule has 2 N–H and O–H groups in total. The van der Waals surface area contributed by atoms with Crippen molar-refractivity contribution >= 4 is 35.4 Å². The van der Waals surface area contributed by atoms with Crippen molar-refractivity contribution in [3.63, 3.8) is 0 Å². The Morgan fingerprint density at radius 2 is 2.10 bits per heavy atom. The van der Waals surface area contributed by atoms with Crippen molar-refractivity contribution in [2.45, 2.75) is 0 Å². The van der Waals surface area contributed by atoms with Gasteiger partial charge in [0.1, 0.15) is 11.3 Å². The first-order chi connectivity index (χ1) is 10.1. The largest absolute Gasteiger partial charge is 0.340 e. The van der Waals surface area contributed by atoms with Gasteiger partial charge in [-0.1, -0.05) is 12.1 Å². The number of rotatable bonds is 3. The molecule has 21 heavy (non-hydrogen) atoms. The zero-order valence-electron chi connectivity index (χ0n) is 11.0. The summed E-state index contributed by atoms with van der Waals surface area (Å²) in [5.41, 5.74) is 2.11. The van der Waals surface area contributed by atoms with Gasteiger partial charge in [0.05, 0.1) is 12.5 Å². The average molecular weight is 302 g/mol. The molecule has 2 aromatic heterocycles. The molecule has 0 radical (unpaired) electrons. The van der Waals surface area contributed by atoms with E-state index in [1.165, 1.54) is 12.1 Å². The molecule has 0 saturated heterocycles. The van der Waals surface area contributed by atoms with E-state index in [-0.39, 0.29) is 5.82 Å². The van der Waals surface area contributed by atoms with Crippen LogP contribution in [0.4, 0.5) is 10.2 Å². The number of nitrogens with one attached hydrogen (secondary N) is 2. The van der Waals surface area contributed by atoms with Gasteiger partial charge < -0.3 is 9.97 Å². The number of aromatic amines is 2. The molecule has 0 atom stereocenters. The zero-order valence-corrected chi connectivity index (χ0v) is 11.9. The maximum Gasteiger partial charge on any atom is 0.200 e. The van der Waals surface area contributed by atoms with Gasteiger partial charge in [0.2, 0.25) is 4.77 Å². The molecule has 106 valence electrons. The van der Waals surface area contributed by atoms with Gasteiger partial charge in [-0.2, -0.15) is 10.1 Å². The molecule has 3 aromatic rings. The molecule has 0 saturated carbocycles. The van der Waals surface area contributed by atoms with Crippen molar-refractivity contribution in [3.8, 4) is 0 Å². The van der Waals surface area contributed by atoms with E-state index < -0.39 is 0 Å². The third-order valence-electron chi connectivity index (χ3n) is 2.85. The predicted octanol–water partition coefficient (Wildman–Crippen LogP) is 2.62. The monoisotopic (exact) mass is 302 g/mol. The summed E-state index contributed by atoms with van der Waals surface area (Å²) in [5, 5.41) is 5.86. The Labute approximate surface area is 124 Å². The molecule has 0 unspecified atom stereocenters. The minimum Gasteiger partial charge on any atom is -0.340 e. The molecule has 0 spiro atoms. The van der Waals surface area contributed by atoms with E-state index in [2.05, 4.69) is 25.0 Å². The summed E-state index contributed by atoms with van der Waals surface area (Å²) in [5.74, 6) is 0.278. The first kappa shape index (κ1) is 13.4. The molecule has 0 aliphatic carbocycles. The lowest BCUT2D eigenvalue weighted by Crippen LogP contribution is -2.12. The van der Waals surface area contributed by atoms with Crippen LogP contribution in [0.3, 0.4) is 0 Å². The van der Waals surface area contributed by atoms with Gasteiger partial charge in [-0.15, -0.1) is 0 Å². The Bertz CT molecular complexity index is 851. The molecule has 8 heteroatoms. The summed E-state index contributed by atoms with van der Waals surface area (Å²) >= 11 is 5.06. The van der Waals surface area contributed by atoms with E-state index in [9.17, 15) is 4.39 Å². The van der Waals surface area contributed by atoms with E-state index in [0.717, 1.165) is 5.56 Å². The lowest BCUT2D eigenvalue weighted by atomic mass is 10.2. The summed E-state index contributed by atoms with van der Waals surface area (Å²) in [6.45, 7) is 0. The topological polar surface area (TPSA) is 73.0 Å². The SMILES string of the molecule is CN(/N=C/c1ccc(F)cc1)c1nc(=S)[nH]c2nc[nH]c12. The highest BCUT2D eigenvalue weighted by Gasteiger charge is 2.09. The Morgan fingerprint density at radius 3 is 2.86 bits per heavy atom. The third kappa shape index (κ3) is 2.79. The molecule has 0 fully saturated rings. The maximum absolute atomic E-state index is 12.8. The molecular weight excluding hydrogens is 291 g/mol. The highest BCUT2D eigenvalue weighted by atomic mass is 32.1. The third-order valence-corrected chi connectivity index (χ3v) is 3.05. The fourth-order valence-corrected chi connectivity index (χ4v) is 2.01. The highest BCUT2D eigenvalue weighted by Crippen LogP contribution is 2.18. The number of H-pyrrole nitrogens is 2. The minimum atomic E-state index is -0.282. The first-order valence-corrected chi connectivity index (χ1v) is 6.51. The van der Waals surface area contributed by atoms with Gasteiger partial charge in [0.25, 0.3) is 0 Å². The van der Waals surface area contributed by atoms with Crippen molar-refractivity contribution in [2.75, 3.05) is 12.1 Å².